The molecule has 126 valence electrons. The van der Waals surface area contributed by atoms with E-state index >= 15 is 0 Å². The van der Waals surface area contributed by atoms with E-state index in [2.05, 4.69) is 27.5 Å². The molecule has 0 bridgehead atoms. The molecule has 1 amide bonds. The lowest BCUT2D eigenvalue weighted by molar-refractivity contribution is -0.116. The quantitative estimate of drug-likeness (QED) is 0.282. The maximum atomic E-state index is 12.0. The van der Waals surface area contributed by atoms with Crippen LogP contribution in [0.3, 0.4) is 0 Å². The van der Waals surface area contributed by atoms with Crippen molar-refractivity contribution in [2.24, 2.45) is 0 Å². The standard InChI is InChI=1S/C11H13N2O7PS2/c1-5-9(14)7(2-8-10(15)13-11(22)23(8)19)6(3-12-5)4-20-21(16,17)18/h2-3,11,14,22H,4H2,1H3,(H,13,15)(H2,16,17,18)/b8-2-. The highest BCUT2D eigenvalue weighted by Crippen LogP contribution is 2.38. The molecule has 1 saturated heterocycles. The molecule has 1 aliphatic heterocycles. The van der Waals surface area contributed by atoms with Crippen LogP contribution in [0.4, 0.5) is 0 Å². The highest BCUT2D eigenvalue weighted by Gasteiger charge is 2.32. The van der Waals surface area contributed by atoms with Crippen LogP contribution in [0.5, 0.6) is 5.75 Å². The Morgan fingerprint density at radius 2 is 2.22 bits per heavy atom. The molecular weight excluding hydrogens is 367 g/mol. The van der Waals surface area contributed by atoms with Crippen LogP contribution in [0, 0.1) is 6.92 Å². The molecule has 0 aromatic carbocycles. The third-order valence-corrected chi connectivity index (χ3v) is 5.35. The van der Waals surface area contributed by atoms with Gasteiger partial charge in [0, 0.05) is 17.3 Å². The number of phosphoric acid groups is 1. The van der Waals surface area contributed by atoms with E-state index in [1.54, 1.807) is 0 Å². The molecule has 4 N–H and O–H groups in total. The lowest BCUT2D eigenvalue weighted by Gasteiger charge is -2.11. The van der Waals surface area contributed by atoms with Crippen LogP contribution < -0.4 is 5.32 Å². The average Bonchev–Trinajstić information content (AvgIpc) is 2.68. The van der Waals surface area contributed by atoms with Crippen molar-refractivity contribution in [3.63, 3.8) is 0 Å². The zero-order valence-corrected chi connectivity index (χ0v) is 14.3. The third-order valence-electron chi connectivity index (χ3n) is 2.92. The first-order valence-electron chi connectivity index (χ1n) is 6.09. The number of rotatable bonds is 4. The van der Waals surface area contributed by atoms with E-state index < -0.39 is 35.8 Å². The van der Waals surface area contributed by atoms with Crippen LogP contribution in [0.2, 0.25) is 0 Å². The van der Waals surface area contributed by atoms with Crippen molar-refractivity contribution in [3.05, 3.63) is 27.9 Å². The third kappa shape index (κ3) is 4.19. The number of carbonyl (C=O) groups excluding carboxylic acids is 1. The molecule has 1 aliphatic rings. The number of nitrogens with one attached hydrogen (secondary N) is 1. The summed E-state index contributed by atoms with van der Waals surface area (Å²) in [6, 6.07) is 0. The fraction of sp³-hybridized carbons (Fsp3) is 0.273. The van der Waals surface area contributed by atoms with Gasteiger partial charge >= 0.3 is 7.82 Å². The number of aromatic hydroxyl groups is 1. The molecule has 23 heavy (non-hydrogen) atoms. The Morgan fingerprint density at radius 1 is 1.57 bits per heavy atom. The molecule has 2 rings (SSSR count). The summed E-state index contributed by atoms with van der Waals surface area (Å²) in [6.45, 7) is 0.945. The van der Waals surface area contributed by atoms with E-state index in [9.17, 15) is 18.7 Å². The van der Waals surface area contributed by atoms with Gasteiger partial charge in [-0.05, 0) is 13.0 Å². The first-order valence-corrected chi connectivity index (χ1v) is 9.35. The number of aryl methyl sites for hydroxylation is 1. The van der Waals surface area contributed by atoms with Crippen LogP contribution in [-0.2, 0) is 31.3 Å². The van der Waals surface area contributed by atoms with E-state index in [1.807, 2.05) is 0 Å². The van der Waals surface area contributed by atoms with Crippen molar-refractivity contribution in [1.82, 2.24) is 10.3 Å². The van der Waals surface area contributed by atoms with E-state index in [0.717, 1.165) is 0 Å². The number of thiol groups is 1. The van der Waals surface area contributed by atoms with Crippen molar-refractivity contribution >= 4 is 43.2 Å². The summed E-state index contributed by atoms with van der Waals surface area (Å²) in [6.07, 6.45) is 2.41. The second-order valence-corrected chi connectivity index (χ2v) is 8.14. The van der Waals surface area contributed by atoms with Gasteiger partial charge in [-0.2, -0.15) is 0 Å². The zero-order valence-electron chi connectivity index (χ0n) is 11.7. The van der Waals surface area contributed by atoms with Crippen molar-refractivity contribution < 1.29 is 33.0 Å². The summed E-state index contributed by atoms with van der Waals surface area (Å²) in [4.78, 5) is 33.0. The molecule has 0 saturated carbocycles. The number of aromatic nitrogens is 1. The molecule has 1 fully saturated rings. The minimum Gasteiger partial charge on any atom is -0.505 e. The van der Waals surface area contributed by atoms with Gasteiger partial charge in [0.25, 0.3) is 5.91 Å². The summed E-state index contributed by atoms with van der Waals surface area (Å²) in [5.74, 6) is -0.921. The van der Waals surface area contributed by atoms with E-state index in [-0.39, 0.29) is 27.5 Å². The highest BCUT2D eigenvalue weighted by molar-refractivity contribution is 8.04. The van der Waals surface area contributed by atoms with Gasteiger partial charge in [-0.1, -0.05) is 0 Å². The normalized spacial score (nSPS) is 23.3. The number of phosphoric ester groups is 1. The van der Waals surface area contributed by atoms with E-state index in [1.165, 1.54) is 19.2 Å². The molecule has 2 unspecified atom stereocenters. The zero-order chi connectivity index (χ0) is 17.4. The Bertz CT molecular complexity index is 761. The van der Waals surface area contributed by atoms with Gasteiger partial charge in [-0.25, -0.2) is 4.57 Å². The predicted molar refractivity (Wildman–Crippen MR) is 84.5 cm³/mol. The fourth-order valence-corrected chi connectivity index (χ4v) is 3.48. The summed E-state index contributed by atoms with van der Waals surface area (Å²) < 4.78 is 26.3. The highest BCUT2D eigenvalue weighted by atomic mass is 32.2. The smallest absolute Gasteiger partial charge is 0.469 e. The SMILES string of the molecule is Cc1ncc(COP(=O)(O)O)c(/C=C2/C(=O)NC(S)S2=O)c1O. The van der Waals surface area contributed by atoms with Gasteiger partial charge in [0.2, 0.25) is 0 Å². The summed E-state index contributed by atoms with van der Waals surface area (Å²) in [5.41, 5.74) is 0.395. The number of carbonyl (C=O) groups is 1. The first kappa shape index (κ1) is 18.1. The maximum Gasteiger partial charge on any atom is 0.469 e. The van der Waals surface area contributed by atoms with Crippen LogP contribution in [0.25, 0.3) is 6.08 Å². The molecule has 0 spiro atoms. The second kappa shape index (κ2) is 6.71. The van der Waals surface area contributed by atoms with Gasteiger partial charge in [0.15, 0.2) is 4.71 Å². The fourth-order valence-electron chi connectivity index (χ4n) is 1.79. The summed E-state index contributed by atoms with van der Waals surface area (Å²) >= 11 is 3.95. The summed E-state index contributed by atoms with van der Waals surface area (Å²) in [5, 5.41) is 12.5. The molecule has 2 heterocycles. The molecule has 0 radical (unpaired) electrons. The van der Waals surface area contributed by atoms with Crippen molar-refractivity contribution in [1.29, 1.82) is 0 Å². The Hall–Kier alpha value is -1.23. The van der Waals surface area contributed by atoms with E-state index in [0.29, 0.717) is 0 Å². The number of amides is 1. The Morgan fingerprint density at radius 3 is 2.74 bits per heavy atom. The Kier molecular flexibility index (Phi) is 5.29. The van der Waals surface area contributed by atoms with Gasteiger partial charge in [0.1, 0.15) is 10.7 Å². The predicted octanol–water partition coefficient (Wildman–Crippen LogP) is 0.138. The maximum absolute atomic E-state index is 12.0. The van der Waals surface area contributed by atoms with E-state index in [4.69, 9.17) is 9.79 Å². The van der Waals surface area contributed by atoms with Gasteiger partial charge in [-0.15, -0.1) is 12.6 Å². The average molecular weight is 380 g/mol. The summed E-state index contributed by atoms with van der Waals surface area (Å²) in [7, 11) is -6.47. The monoisotopic (exact) mass is 380 g/mol. The molecular formula is C11H13N2O7PS2. The van der Waals surface area contributed by atoms with Crippen LogP contribution in [-0.4, -0.2) is 34.7 Å². The number of hydrogen-bond donors (Lipinski definition) is 5. The van der Waals surface area contributed by atoms with Crippen molar-refractivity contribution in [3.8, 4) is 5.75 Å². The van der Waals surface area contributed by atoms with Crippen molar-refractivity contribution in [2.75, 3.05) is 0 Å². The molecule has 9 nitrogen and oxygen atoms in total. The minimum atomic E-state index is -4.73. The lowest BCUT2D eigenvalue weighted by atomic mass is 10.1. The van der Waals surface area contributed by atoms with Gasteiger partial charge < -0.3 is 20.2 Å². The number of nitrogens with zero attached hydrogens (tertiary/aromatic N) is 1. The lowest BCUT2D eigenvalue weighted by Crippen LogP contribution is -2.21. The molecule has 0 aliphatic carbocycles. The molecule has 12 heteroatoms. The number of pyridine rings is 1. The Balaban J connectivity index is 2.48. The van der Waals surface area contributed by atoms with Gasteiger partial charge in [-0.3, -0.25) is 18.5 Å². The molecule has 2 atom stereocenters. The van der Waals surface area contributed by atoms with Crippen LogP contribution >= 0.6 is 20.5 Å². The van der Waals surface area contributed by atoms with Gasteiger partial charge in [0.05, 0.1) is 23.1 Å². The molecule has 1 aromatic rings. The molecule has 1 aromatic heterocycles. The topological polar surface area (TPSA) is 146 Å². The largest absolute Gasteiger partial charge is 0.505 e. The number of hydrogen-bond acceptors (Lipinski definition) is 7. The van der Waals surface area contributed by atoms with Crippen molar-refractivity contribution in [2.45, 2.75) is 18.2 Å². The van der Waals surface area contributed by atoms with Crippen LogP contribution in [0.15, 0.2) is 11.1 Å². The minimum absolute atomic E-state index is 0.0480. The van der Waals surface area contributed by atoms with Crippen LogP contribution in [0.1, 0.15) is 16.8 Å². The Labute approximate surface area is 138 Å². The second-order valence-electron chi connectivity index (χ2n) is 4.53. The first-order chi connectivity index (χ1) is 10.6.